The van der Waals surface area contributed by atoms with E-state index in [-0.39, 0.29) is 144 Å². The molecule has 17 nitrogen and oxygen atoms in total. The number of pyridine rings is 2. The zero-order valence-electron chi connectivity index (χ0n) is 78.3. The Morgan fingerprint density at radius 1 is 0.358 bits per heavy atom. The third kappa shape index (κ3) is 33.2. The van der Waals surface area contributed by atoms with Gasteiger partial charge in [0, 0.05) is 62.1 Å². The first-order valence-electron chi connectivity index (χ1n) is 43.9. The van der Waals surface area contributed by atoms with Crippen LogP contribution in [0, 0.1) is 0 Å². The molecule has 2 saturated heterocycles. The number of fused-ring (bicyclic) bond motifs is 2. The quantitative estimate of drug-likeness (QED) is 0.0171. The second-order valence-corrected chi connectivity index (χ2v) is 39.4. The maximum atomic E-state index is 8.91. The standard InChI is InChI=1S/C19H21N3O3.4C18H15P.C11H12ClN3O.C8H11BO4.CH2O3.2K.Pd.H/c1-23-15-9-14(10-16(11-15)24-2)17-7-6-13-12-20-22(19(13)21-17)18-5-3-4-8-25-18;4*1-4-10-16(11-5-1)19(17-12-6-2-7-13-17)18-14-8-3-9-15-18;12-9-5-4-8-7-13-15(11(8)14-9)10-3-1-2-6-16-10;1-12-7-3-6(9(10)11)4-8(5-7)13-2;2-1-4-3;;;;/h6-7,9-12,18H,3-5,8H2,1-2H3;4*1-15H;4-5,7,10H,1-3,6H2;3-5,10-11H,1-2H3;1,3H;;;;/q;;;;;;;;2*+1;;-1/p-1. The van der Waals surface area contributed by atoms with Gasteiger partial charge in [-0.25, -0.2) is 19.3 Å². The van der Waals surface area contributed by atoms with Crippen molar-refractivity contribution in [2.24, 2.45) is 0 Å². The third-order valence-corrected chi connectivity index (χ3v) is 31.2. The van der Waals surface area contributed by atoms with Crippen LogP contribution in [0.15, 0.2) is 437 Å². The molecule has 2 fully saturated rings. The number of rotatable bonds is 21. The number of aromatic nitrogens is 6. The molecule has 2 atom stereocenters. The zero-order chi connectivity index (χ0) is 93.1. The van der Waals surface area contributed by atoms with Gasteiger partial charge in [-0.15, -0.1) is 0 Å². The topological polar surface area (TPSA) is 207 Å². The van der Waals surface area contributed by atoms with Gasteiger partial charge in [-0.2, -0.15) is 10.2 Å². The van der Waals surface area contributed by atoms with Gasteiger partial charge in [0.05, 0.1) is 46.5 Å². The van der Waals surface area contributed by atoms with E-state index < -0.39 is 38.8 Å². The molecule has 0 radical (unpaired) electrons. The van der Waals surface area contributed by atoms with Crippen molar-refractivity contribution >= 4 is 148 Å². The summed E-state index contributed by atoms with van der Waals surface area (Å²) in [6.07, 6.45) is 10.1. The molecule has 2 N–H and O–H groups in total. The smallest absolute Gasteiger partial charge is 1.00 e. The fourth-order valence-corrected chi connectivity index (χ4v) is 24.2. The Morgan fingerprint density at radius 2 is 0.591 bits per heavy atom. The molecule has 26 heteroatoms. The maximum absolute atomic E-state index is 8.91. The summed E-state index contributed by atoms with van der Waals surface area (Å²) in [6, 6.07) is 148. The van der Waals surface area contributed by atoms with Crippen molar-refractivity contribution in [1.82, 2.24) is 29.5 Å². The number of hydrogen-bond donors (Lipinski definition) is 2. The molecule has 0 amide bonds. The van der Waals surface area contributed by atoms with Gasteiger partial charge in [-0.3, -0.25) is 4.79 Å². The Morgan fingerprint density at radius 3 is 0.810 bits per heavy atom. The first-order valence-corrected chi connectivity index (χ1v) is 49.7. The minimum atomic E-state index is -1.51. The second-order valence-electron chi connectivity index (χ2n) is 30.2. The first kappa shape index (κ1) is 110. The average Bonchev–Trinajstić information content (AvgIpc) is 1.63. The minimum Gasteiger partial charge on any atom is -1.00 e. The van der Waals surface area contributed by atoms with E-state index in [1.54, 1.807) is 32.5 Å². The van der Waals surface area contributed by atoms with E-state index in [4.69, 9.17) is 65.1 Å². The van der Waals surface area contributed by atoms with E-state index >= 15 is 0 Å². The Bertz CT molecular complexity index is 5550. The summed E-state index contributed by atoms with van der Waals surface area (Å²) in [4.78, 5) is 20.4. The number of methoxy groups -OCH3 is 4. The van der Waals surface area contributed by atoms with Gasteiger partial charge in [-0.1, -0.05) is 376 Å². The van der Waals surface area contributed by atoms with Gasteiger partial charge < -0.3 is 50.0 Å². The fraction of sp³-hybridized carbons (Fsp3) is 0.126. The Balaban J connectivity index is 0.000000179. The molecule has 4 aromatic heterocycles. The molecule has 2 aliphatic heterocycles. The van der Waals surface area contributed by atoms with Crippen molar-refractivity contribution in [3.63, 3.8) is 0 Å². The first-order chi connectivity index (χ1) is 66.0. The number of benzene rings is 14. The molecule has 0 aliphatic carbocycles. The van der Waals surface area contributed by atoms with Crippen LogP contribution in [0.1, 0.15) is 52.4 Å². The zero-order valence-corrected chi connectivity index (χ0v) is 89.4. The van der Waals surface area contributed by atoms with Gasteiger partial charge in [0.2, 0.25) is 0 Å². The van der Waals surface area contributed by atoms with Gasteiger partial charge in [0.1, 0.15) is 28.2 Å². The van der Waals surface area contributed by atoms with Crippen LogP contribution in [0.25, 0.3) is 33.3 Å². The van der Waals surface area contributed by atoms with Crippen molar-refractivity contribution < 1.29 is 178 Å². The molecule has 2 unspecified atom stereocenters. The SMILES string of the molecule is COc1cc(OC)cc(-c2ccc3cnn(C4CCCCO4)c3n2)c1.COc1cc(OC)cc(B(O)O)c1.Clc1ccc2cnn(C3CCCCO3)c2n1.O=CO[O-].[H-].[K+].[K+].[Pd].c1ccc(P(c2ccccc2)c2ccccc2)cc1.c1ccc(P(c2ccccc2)c2ccccc2)cc1.c1ccc(P(c2ccccc2)c2ccccc2)cc1.c1ccc(P(c2ccccc2)c2ccccc2)cc1. The summed E-state index contributed by atoms with van der Waals surface area (Å²) in [7, 11) is 3.00. The van der Waals surface area contributed by atoms with E-state index in [1.165, 1.54) is 96.4 Å². The fourth-order valence-electron chi connectivity index (χ4n) is 14.9. The van der Waals surface area contributed by atoms with Crippen LogP contribution in [0.2, 0.25) is 5.15 Å². The van der Waals surface area contributed by atoms with Gasteiger partial charge in [0.15, 0.2) is 23.8 Å². The predicted molar refractivity (Wildman–Crippen MR) is 555 cm³/mol. The number of ether oxygens (including phenoxy) is 6. The molecule has 2 aliphatic rings. The van der Waals surface area contributed by atoms with Gasteiger partial charge in [-0.05, 0) is 188 Å². The van der Waals surface area contributed by atoms with Crippen molar-refractivity contribution in [2.75, 3.05) is 41.7 Å². The Kier molecular flexibility index (Phi) is 48.7. The van der Waals surface area contributed by atoms with E-state index in [0.29, 0.717) is 22.1 Å². The molecule has 137 heavy (non-hydrogen) atoms. The molecular formula is C111H106BClK2N6O11P4Pd. The van der Waals surface area contributed by atoms with E-state index in [1.807, 2.05) is 52.0 Å². The number of nitrogens with zero attached hydrogens (tertiary/aromatic N) is 6. The van der Waals surface area contributed by atoms with Crippen LogP contribution in [0.4, 0.5) is 0 Å². The number of carbonyl (C=O) groups is 1. The van der Waals surface area contributed by atoms with Crippen molar-refractivity contribution in [3.05, 3.63) is 442 Å². The van der Waals surface area contributed by atoms with E-state index in [0.717, 1.165) is 90.1 Å². The molecule has 0 spiro atoms. The summed E-state index contributed by atoms with van der Waals surface area (Å²) in [5, 5.41) is 54.4. The van der Waals surface area contributed by atoms with Crippen LogP contribution in [-0.4, -0.2) is 94.8 Å². The molecule has 0 bridgehead atoms. The van der Waals surface area contributed by atoms with Crippen molar-refractivity contribution in [1.29, 1.82) is 0 Å². The van der Waals surface area contributed by atoms with Crippen LogP contribution >= 0.6 is 43.3 Å². The van der Waals surface area contributed by atoms with Crippen molar-refractivity contribution in [2.45, 2.75) is 51.0 Å². The van der Waals surface area contributed by atoms with Crippen molar-refractivity contribution in [3.8, 4) is 34.3 Å². The molecule has 688 valence electrons. The molecule has 20 rings (SSSR count). The van der Waals surface area contributed by atoms with Crippen LogP contribution < -0.4 is 196 Å². The molecule has 14 aromatic carbocycles. The second kappa shape index (κ2) is 60.7. The summed E-state index contributed by atoms with van der Waals surface area (Å²) >= 11 is 5.89. The maximum Gasteiger partial charge on any atom is 1.00 e. The molecular weight excluding hydrogens is 1950 g/mol. The normalized spacial score (nSPS) is 12.6. The summed E-state index contributed by atoms with van der Waals surface area (Å²) < 4.78 is 35.9. The number of hydrogen-bond acceptors (Lipinski definition) is 15. The summed E-state index contributed by atoms with van der Waals surface area (Å²) in [6.45, 7) is 1.39. The monoisotopic (exact) mass is 2050 g/mol. The minimum absolute atomic E-state index is 0. The molecule has 0 saturated carbocycles. The Hall–Kier alpha value is -9.20. The predicted octanol–water partition coefficient (Wildman–Crippen LogP) is 12.3. The Labute approximate surface area is 913 Å². The van der Waals surface area contributed by atoms with Gasteiger partial charge in [0.25, 0.3) is 6.47 Å². The summed E-state index contributed by atoms with van der Waals surface area (Å²) in [5.74, 6) is 2.53. The van der Waals surface area contributed by atoms with Crippen LogP contribution in [0.3, 0.4) is 0 Å². The third-order valence-electron chi connectivity index (χ3n) is 21.2. The average molecular weight is 2050 g/mol. The van der Waals surface area contributed by atoms with Crippen LogP contribution in [0.5, 0.6) is 23.0 Å². The van der Waals surface area contributed by atoms with Crippen LogP contribution in [-0.2, 0) is 39.6 Å². The molecule has 6 heterocycles. The van der Waals surface area contributed by atoms with E-state index in [9.17, 15) is 0 Å². The van der Waals surface area contributed by atoms with Gasteiger partial charge >= 0.3 is 110 Å². The number of halogens is 1. The molecule has 18 aromatic rings. The van der Waals surface area contributed by atoms with E-state index in [2.05, 4.69) is 384 Å². The summed E-state index contributed by atoms with van der Waals surface area (Å²) in [5.41, 5.74) is 3.78. The largest absolute Gasteiger partial charge is 1.00 e. The number of carbonyl (C=O) groups excluding carboxylic acids is 1.